The Morgan fingerprint density at radius 1 is 1.00 bits per heavy atom. The van der Waals surface area contributed by atoms with Crippen LogP contribution in [-0.4, -0.2) is 71.5 Å². The van der Waals surface area contributed by atoms with Crippen molar-refractivity contribution in [2.45, 2.75) is 63.6 Å². The first-order chi connectivity index (χ1) is 13.6. The van der Waals surface area contributed by atoms with Crippen LogP contribution in [0.15, 0.2) is 18.2 Å². The lowest BCUT2D eigenvalue weighted by molar-refractivity contribution is -0.142. The lowest BCUT2D eigenvalue weighted by atomic mass is 9.81. The number of hydrogen-bond acceptors (Lipinski definition) is 3. The Bertz CT molecular complexity index is 707. The molecule has 4 nitrogen and oxygen atoms in total. The van der Waals surface area contributed by atoms with E-state index in [4.69, 9.17) is 23.2 Å². The summed E-state index contributed by atoms with van der Waals surface area (Å²) in [6, 6.07) is 6.86. The predicted octanol–water partition coefficient (Wildman–Crippen LogP) is 4.09. The van der Waals surface area contributed by atoms with Gasteiger partial charge in [0.15, 0.2) is 0 Å². The van der Waals surface area contributed by atoms with Crippen LogP contribution < -0.4 is 0 Å². The molecule has 3 aliphatic rings. The largest absolute Gasteiger partial charge is 0.335 e. The van der Waals surface area contributed by atoms with Gasteiger partial charge in [-0.3, -0.25) is 14.6 Å². The van der Waals surface area contributed by atoms with Gasteiger partial charge in [-0.05, 0) is 63.0 Å². The summed E-state index contributed by atoms with van der Waals surface area (Å²) >= 11 is 12.2. The Hall–Kier alpha value is -0.810. The van der Waals surface area contributed by atoms with Gasteiger partial charge < -0.3 is 4.90 Å². The second kappa shape index (κ2) is 8.91. The van der Waals surface area contributed by atoms with Crippen molar-refractivity contribution in [3.63, 3.8) is 0 Å². The molecule has 154 valence electrons. The minimum atomic E-state index is 0.232. The molecule has 3 atom stereocenters. The number of carbonyl (C=O) groups excluding carboxylic acids is 1. The molecule has 0 unspecified atom stereocenters. The summed E-state index contributed by atoms with van der Waals surface area (Å²) in [4.78, 5) is 20.9. The molecule has 28 heavy (non-hydrogen) atoms. The van der Waals surface area contributed by atoms with E-state index in [1.54, 1.807) is 6.07 Å². The summed E-state index contributed by atoms with van der Waals surface area (Å²) in [6.45, 7) is 7.52. The first kappa shape index (κ1) is 20.5. The minimum absolute atomic E-state index is 0.232. The topological polar surface area (TPSA) is 26.8 Å². The number of halogens is 2. The van der Waals surface area contributed by atoms with Crippen molar-refractivity contribution in [1.82, 2.24) is 14.7 Å². The molecule has 1 aromatic rings. The Kier molecular flexibility index (Phi) is 6.51. The van der Waals surface area contributed by atoms with Crippen LogP contribution in [0.3, 0.4) is 0 Å². The summed E-state index contributed by atoms with van der Waals surface area (Å²) in [7, 11) is 0. The molecule has 3 fully saturated rings. The molecule has 2 heterocycles. The molecule has 2 aliphatic heterocycles. The van der Waals surface area contributed by atoms with Crippen molar-refractivity contribution in [3.05, 3.63) is 33.8 Å². The summed E-state index contributed by atoms with van der Waals surface area (Å²) in [5, 5.41) is 1.06. The van der Waals surface area contributed by atoms with Crippen LogP contribution in [0.5, 0.6) is 0 Å². The van der Waals surface area contributed by atoms with Gasteiger partial charge in [-0.25, -0.2) is 0 Å². The van der Waals surface area contributed by atoms with E-state index >= 15 is 0 Å². The van der Waals surface area contributed by atoms with Crippen LogP contribution >= 0.6 is 23.2 Å². The highest BCUT2D eigenvalue weighted by Crippen LogP contribution is 2.35. The Balaban J connectivity index is 1.56. The standard InChI is InChI=1S/C22H31Cl2N3O/c1-2-25-12-13-27(21(28)15-16-8-9-17(23)18(24)14-16)22-19(25)6-5-7-20(22)26-10-3-4-11-26/h8-9,14,19-20,22H,2-7,10-13,15H2,1H3/t19-,20-,22-/m0/s1. The highest BCUT2D eigenvalue weighted by Gasteiger charge is 2.46. The van der Waals surface area contributed by atoms with Gasteiger partial charge in [0.25, 0.3) is 0 Å². The number of amides is 1. The van der Waals surface area contributed by atoms with Crippen molar-refractivity contribution >= 4 is 29.1 Å². The van der Waals surface area contributed by atoms with Crippen molar-refractivity contribution in [2.75, 3.05) is 32.7 Å². The molecule has 1 amide bonds. The van der Waals surface area contributed by atoms with E-state index in [-0.39, 0.29) is 5.91 Å². The number of hydrogen-bond donors (Lipinski definition) is 0. The highest BCUT2D eigenvalue weighted by atomic mass is 35.5. The van der Waals surface area contributed by atoms with Crippen molar-refractivity contribution in [3.8, 4) is 0 Å². The molecule has 1 saturated carbocycles. The maximum Gasteiger partial charge on any atom is 0.227 e. The number of fused-ring (bicyclic) bond motifs is 1. The van der Waals surface area contributed by atoms with Crippen molar-refractivity contribution in [1.29, 1.82) is 0 Å². The Labute approximate surface area is 178 Å². The zero-order chi connectivity index (χ0) is 19.7. The van der Waals surface area contributed by atoms with Crippen LogP contribution in [0.25, 0.3) is 0 Å². The SMILES string of the molecule is CCN1CCN(C(=O)Cc2ccc(Cl)c(Cl)c2)[C@H]2[C@@H]1CCC[C@@H]2N1CCCC1. The van der Waals surface area contributed by atoms with Gasteiger partial charge in [0.05, 0.1) is 22.5 Å². The fourth-order valence-corrected chi connectivity index (χ4v) is 5.90. The first-order valence-electron chi connectivity index (χ1n) is 10.8. The molecule has 1 aromatic carbocycles. The molecular formula is C22H31Cl2N3O. The molecule has 0 bridgehead atoms. The lowest BCUT2D eigenvalue weighted by Gasteiger charge is -2.54. The lowest BCUT2D eigenvalue weighted by Crippen LogP contribution is -2.68. The van der Waals surface area contributed by atoms with E-state index in [1.165, 1.54) is 45.2 Å². The van der Waals surface area contributed by atoms with Gasteiger partial charge in [-0.15, -0.1) is 0 Å². The van der Waals surface area contributed by atoms with E-state index in [9.17, 15) is 4.79 Å². The van der Waals surface area contributed by atoms with E-state index < -0.39 is 0 Å². The molecular weight excluding hydrogens is 393 g/mol. The zero-order valence-electron chi connectivity index (χ0n) is 16.7. The molecule has 0 aromatic heterocycles. The highest BCUT2D eigenvalue weighted by molar-refractivity contribution is 6.42. The first-order valence-corrected chi connectivity index (χ1v) is 11.6. The summed E-state index contributed by atoms with van der Waals surface area (Å²) < 4.78 is 0. The van der Waals surface area contributed by atoms with E-state index in [0.717, 1.165) is 25.2 Å². The van der Waals surface area contributed by atoms with Gasteiger partial charge >= 0.3 is 0 Å². The number of likely N-dealkylation sites (tertiary alicyclic amines) is 1. The monoisotopic (exact) mass is 423 g/mol. The van der Waals surface area contributed by atoms with Gasteiger partial charge in [-0.2, -0.15) is 0 Å². The molecule has 1 aliphatic carbocycles. The molecule has 4 rings (SSSR count). The third-order valence-electron chi connectivity index (χ3n) is 6.92. The van der Waals surface area contributed by atoms with Gasteiger partial charge in [0.2, 0.25) is 5.91 Å². The molecule has 0 radical (unpaired) electrons. The smallest absolute Gasteiger partial charge is 0.227 e. The average molecular weight is 424 g/mol. The molecule has 6 heteroatoms. The van der Waals surface area contributed by atoms with Crippen LogP contribution in [0.4, 0.5) is 0 Å². The molecule has 0 N–H and O–H groups in total. The van der Waals surface area contributed by atoms with Crippen LogP contribution in [-0.2, 0) is 11.2 Å². The normalized spacial score (nSPS) is 29.1. The third kappa shape index (κ3) is 4.07. The van der Waals surface area contributed by atoms with Crippen molar-refractivity contribution in [2.24, 2.45) is 0 Å². The maximum absolute atomic E-state index is 13.4. The van der Waals surface area contributed by atoms with E-state index in [2.05, 4.69) is 21.6 Å². The van der Waals surface area contributed by atoms with Crippen LogP contribution in [0, 0.1) is 0 Å². The number of rotatable bonds is 4. The fourth-order valence-electron chi connectivity index (χ4n) is 5.58. The quantitative estimate of drug-likeness (QED) is 0.729. The minimum Gasteiger partial charge on any atom is -0.335 e. The summed E-state index contributed by atoms with van der Waals surface area (Å²) in [5.41, 5.74) is 0.947. The number of benzene rings is 1. The van der Waals surface area contributed by atoms with Crippen molar-refractivity contribution < 1.29 is 4.79 Å². The predicted molar refractivity (Wildman–Crippen MR) is 115 cm³/mol. The maximum atomic E-state index is 13.4. The zero-order valence-corrected chi connectivity index (χ0v) is 18.3. The fraction of sp³-hybridized carbons (Fsp3) is 0.682. The second-order valence-electron chi connectivity index (χ2n) is 8.44. The van der Waals surface area contributed by atoms with E-state index in [1.807, 2.05) is 12.1 Å². The van der Waals surface area contributed by atoms with Crippen LogP contribution in [0.2, 0.25) is 10.0 Å². The van der Waals surface area contributed by atoms with Crippen LogP contribution in [0.1, 0.15) is 44.6 Å². The van der Waals surface area contributed by atoms with Gasteiger partial charge in [-0.1, -0.05) is 42.6 Å². The number of nitrogens with zero attached hydrogens (tertiary/aromatic N) is 3. The summed E-state index contributed by atoms with van der Waals surface area (Å²) in [6.07, 6.45) is 6.69. The molecule has 0 spiro atoms. The Morgan fingerprint density at radius 3 is 2.46 bits per heavy atom. The van der Waals surface area contributed by atoms with E-state index in [0.29, 0.717) is 34.6 Å². The number of piperazine rings is 1. The summed E-state index contributed by atoms with van der Waals surface area (Å²) in [5.74, 6) is 0.232. The number of carbonyl (C=O) groups is 1. The third-order valence-corrected chi connectivity index (χ3v) is 7.66. The van der Waals surface area contributed by atoms with Gasteiger partial charge in [0.1, 0.15) is 0 Å². The second-order valence-corrected chi connectivity index (χ2v) is 9.25. The average Bonchev–Trinajstić information content (AvgIpc) is 3.24. The Morgan fingerprint density at radius 2 is 1.75 bits per heavy atom. The molecule has 2 saturated heterocycles. The number of likely N-dealkylation sites (N-methyl/N-ethyl adjacent to an activating group) is 1. The van der Waals surface area contributed by atoms with Gasteiger partial charge in [0, 0.05) is 25.2 Å².